The Labute approximate surface area is 202 Å². The van der Waals surface area contributed by atoms with Gasteiger partial charge < -0.3 is 9.64 Å². The summed E-state index contributed by atoms with van der Waals surface area (Å²) in [6.45, 7) is 10.2. The van der Waals surface area contributed by atoms with Crippen molar-refractivity contribution in [2.24, 2.45) is 0 Å². The molecule has 0 fully saturated rings. The largest absolute Gasteiger partial charge is 0.489 e. The van der Waals surface area contributed by atoms with E-state index in [1.807, 2.05) is 24.5 Å². The molecule has 5 rings (SSSR count). The van der Waals surface area contributed by atoms with E-state index in [1.54, 1.807) is 0 Å². The zero-order valence-corrected chi connectivity index (χ0v) is 20.2. The average Bonchev–Trinajstić information content (AvgIpc) is 3.44. The number of hydrogen-bond donors (Lipinski definition) is 0. The molecule has 0 unspecified atom stereocenters. The van der Waals surface area contributed by atoms with Crippen LogP contribution in [0.3, 0.4) is 0 Å². The quantitative estimate of drug-likeness (QED) is 0.304. The summed E-state index contributed by atoms with van der Waals surface area (Å²) in [5, 5.41) is 5.00. The van der Waals surface area contributed by atoms with Crippen molar-refractivity contribution in [3.05, 3.63) is 84.2 Å². The molecule has 0 atom stereocenters. The van der Waals surface area contributed by atoms with Gasteiger partial charge in [0.2, 0.25) is 0 Å². The number of benzene rings is 2. The van der Waals surface area contributed by atoms with E-state index in [2.05, 4.69) is 83.9 Å². The van der Waals surface area contributed by atoms with Crippen molar-refractivity contribution < 1.29 is 4.74 Å². The average molecular weight is 453 g/mol. The predicted octanol–water partition coefficient (Wildman–Crippen LogP) is 6.54. The zero-order chi connectivity index (χ0) is 23.5. The summed E-state index contributed by atoms with van der Waals surface area (Å²) in [4.78, 5) is 6.65. The maximum Gasteiger partial charge on any atom is 0.135 e. The maximum absolute atomic E-state index is 6.09. The minimum atomic E-state index is 0.540. The summed E-state index contributed by atoms with van der Waals surface area (Å²) in [6, 6.07) is 21.2. The molecule has 174 valence electrons. The molecule has 3 heterocycles. The standard InChI is InChI=1S/C29H32N4O/c1-4-17-32-18-19-33-29(32)27(28(31-33)25-13-15-30-16-14-25)24-9-11-26(12-10-24)34-20-22-5-7-23(8-6-22)21(2)3/h5-16,21H,4,17-20H2,1-3H3. The van der Waals surface area contributed by atoms with Crippen molar-refractivity contribution in [3.8, 4) is 28.1 Å². The van der Waals surface area contributed by atoms with Gasteiger partial charge >= 0.3 is 0 Å². The van der Waals surface area contributed by atoms with E-state index in [0.717, 1.165) is 48.6 Å². The molecule has 0 aliphatic carbocycles. The fraction of sp³-hybridized carbons (Fsp3) is 0.310. The maximum atomic E-state index is 6.09. The lowest BCUT2D eigenvalue weighted by Gasteiger charge is -2.18. The number of fused-ring (bicyclic) bond motifs is 1. The molecule has 1 aliphatic rings. The van der Waals surface area contributed by atoms with Crippen LogP contribution in [0.25, 0.3) is 22.4 Å². The molecule has 0 N–H and O–H groups in total. The summed E-state index contributed by atoms with van der Waals surface area (Å²) in [5.41, 5.74) is 6.98. The van der Waals surface area contributed by atoms with Gasteiger partial charge in [0.1, 0.15) is 23.9 Å². The summed E-state index contributed by atoms with van der Waals surface area (Å²) >= 11 is 0. The van der Waals surface area contributed by atoms with Gasteiger partial charge in [0.25, 0.3) is 0 Å². The van der Waals surface area contributed by atoms with Crippen LogP contribution >= 0.6 is 0 Å². The van der Waals surface area contributed by atoms with Gasteiger partial charge in [-0.1, -0.05) is 57.2 Å². The summed E-state index contributed by atoms with van der Waals surface area (Å²) in [7, 11) is 0. The van der Waals surface area contributed by atoms with Crippen LogP contribution in [0.2, 0.25) is 0 Å². The smallest absolute Gasteiger partial charge is 0.135 e. The summed E-state index contributed by atoms with van der Waals surface area (Å²) in [6.07, 6.45) is 4.77. The number of pyridine rings is 1. The molecule has 4 aromatic rings. The van der Waals surface area contributed by atoms with E-state index in [1.165, 1.54) is 22.5 Å². The molecule has 5 heteroatoms. The van der Waals surface area contributed by atoms with Crippen molar-refractivity contribution >= 4 is 5.82 Å². The highest BCUT2D eigenvalue weighted by atomic mass is 16.5. The Morgan fingerprint density at radius 1 is 0.882 bits per heavy atom. The lowest BCUT2D eigenvalue weighted by atomic mass is 10.0. The van der Waals surface area contributed by atoms with Gasteiger partial charge in [0.05, 0.1) is 12.1 Å². The Balaban J connectivity index is 1.41. The fourth-order valence-corrected chi connectivity index (χ4v) is 4.60. The van der Waals surface area contributed by atoms with Crippen molar-refractivity contribution in [3.63, 3.8) is 0 Å². The van der Waals surface area contributed by atoms with E-state index < -0.39 is 0 Å². The van der Waals surface area contributed by atoms with Crippen LogP contribution in [0.1, 0.15) is 44.2 Å². The molecule has 1 aliphatic heterocycles. The van der Waals surface area contributed by atoms with E-state index in [-0.39, 0.29) is 0 Å². The molecular weight excluding hydrogens is 420 g/mol. The zero-order valence-electron chi connectivity index (χ0n) is 20.2. The van der Waals surface area contributed by atoms with Gasteiger partial charge in [-0.15, -0.1) is 0 Å². The minimum absolute atomic E-state index is 0.540. The van der Waals surface area contributed by atoms with Gasteiger partial charge in [-0.3, -0.25) is 4.98 Å². The van der Waals surface area contributed by atoms with Crippen LogP contribution < -0.4 is 9.64 Å². The Bertz CT molecular complexity index is 1230. The van der Waals surface area contributed by atoms with Crippen molar-refractivity contribution in [1.29, 1.82) is 0 Å². The van der Waals surface area contributed by atoms with Crippen molar-refractivity contribution in [1.82, 2.24) is 14.8 Å². The first-order valence-corrected chi connectivity index (χ1v) is 12.2. The molecule has 5 nitrogen and oxygen atoms in total. The van der Waals surface area contributed by atoms with Crippen molar-refractivity contribution in [2.45, 2.75) is 46.3 Å². The monoisotopic (exact) mass is 452 g/mol. The van der Waals surface area contributed by atoms with Gasteiger partial charge in [-0.05, 0) is 53.3 Å². The second-order valence-electron chi connectivity index (χ2n) is 9.20. The summed E-state index contributed by atoms with van der Waals surface area (Å²) in [5.74, 6) is 2.63. The van der Waals surface area contributed by atoms with Gasteiger partial charge in [0.15, 0.2) is 0 Å². The molecule has 0 radical (unpaired) electrons. The molecule has 2 aromatic heterocycles. The highest BCUT2D eigenvalue weighted by Crippen LogP contribution is 2.42. The second kappa shape index (κ2) is 9.72. The SMILES string of the molecule is CCCN1CCn2nc(-c3ccncc3)c(-c3ccc(OCc4ccc(C(C)C)cc4)cc3)c21. The third kappa shape index (κ3) is 4.43. The normalized spacial score (nSPS) is 12.9. The predicted molar refractivity (Wildman–Crippen MR) is 138 cm³/mol. The second-order valence-corrected chi connectivity index (χ2v) is 9.20. The van der Waals surface area contributed by atoms with E-state index in [0.29, 0.717) is 12.5 Å². The number of nitrogens with zero attached hydrogens (tertiary/aromatic N) is 4. The molecule has 0 amide bonds. The third-order valence-electron chi connectivity index (χ3n) is 6.45. The first-order chi connectivity index (χ1) is 16.6. The Hall–Kier alpha value is -3.60. The topological polar surface area (TPSA) is 43.2 Å². The number of anilines is 1. The van der Waals surface area contributed by atoms with Gasteiger partial charge in [-0.2, -0.15) is 5.10 Å². The highest BCUT2D eigenvalue weighted by molar-refractivity contribution is 5.90. The fourth-order valence-electron chi connectivity index (χ4n) is 4.60. The number of ether oxygens (including phenoxy) is 1. The molecule has 2 aromatic carbocycles. The number of hydrogen-bond acceptors (Lipinski definition) is 4. The first-order valence-electron chi connectivity index (χ1n) is 12.2. The Morgan fingerprint density at radius 2 is 1.62 bits per heavy atom. The molecule has 0 bridgehead atoms. The lowest BCUT2D eigenvalue weighted by molar-refractivity contribution is 0.306. The molecule has 34 heavy (non-hydrogen) atoms. The summed E-state index contributed by atoms with van der Waals surface area (Å²) < 4.78 is 8.25. The van der Waals surface area contributed by atoms with Gasteiger partial charge in [0, 0.05) is 31.0 Å². The minimum Gasteiger partial charge on any atom is -0.489 e. The highest BCUT2D eigenvalue weighted by Gasteiger charge is 2.28. The van der Waals surface area contributed by atoms with Crippen LogP contribution in [0, 0.1) is 0 Å². The molecule has 0 spiro atoms. The number of rotatable bonds is 8. The van der Waals surface area contributed by atoms with Crippen LogP contribution in [-0.2, 0) is 13.2 Å². The first kappa shape index (κ1) is 22.2. The lowest BCUT2D eigenvalue weighted by Crippen LogP contribution is -2.21. The van der Waals surface area contributed by atoms with E-state index in [4.69, 9.17) is 9.84 Å². The Kier molecular flexibility index (Phi) is 6.35. The van der Waals surface area contributed by atoms with Crippen LogP contribution in [-0.4, -0.2) is 27.9 Å². The van der Waals surface area contributed by atoms with Crippen LogP contribution in [0.15, 0.2) is 73.1 Å². The number of aromatic nitrogens is 3. The van der Waals surface area contributed by atoms with E-state index in [9.17, 15) is 0 Å². The van der Waals surface area contributed by atoms with Crippen molar-refractivity contribution in [2.75, 3.05) is 18.0 Å². The Morgan fingerprint density at radius 3 is 2.29 bits per heavy atom. The molecule has 0 saturated heterocycles. The molecular formula is C29H32N4O. The molecule has 0 saturated carbocycles. The van der Waals surface area contributed by atoms with Crippen LogP contribution in [0.5, 0.6) is 5.75 Å². The third-order valence-corrected chi connectivity index (χ3v) is 6.45. The van der Waals surface area contributed by atoms with E-state index >= 15 is 0 Å². The van der Waals surface area contributed by atoms with Gasteiger partial charge in [-0.25, -0.2) is 4.68 Å². The van der Waals surface area contributed by atoms with Crippen LogP contribution in [0.4, 0.5) is 5.82 Å².